The molecule has 0 aliphatic carbocycles. The predicted octanol–water partition coefficient (Wildman–Crippen LogP) is 3.15. The Morgan fingerprint density at radius 2 is 1.81 bits per heavy atom. The van der Waals surface area contributed by atoms with Gasteiger partial charge in [-0.1, -0.05) is 23.4 Å². The zero-order chi connectivity index (χ0) is 15.4. The summed E-state index contributed by atoms with van der Waals surface area (Å²) in [6.45, 7) is 3.37. The van der Waals surface area contributed by atoms with E-state index in [0.29, 0.717) is 22.5 Å². The first-order valence-electron chi connectivity index (χ1n) is 6.42. The molecule has 0 unspecified atom stereocenters. The van der Waals surface area contributed by atoms with Crippen molar-refractivity contribution >= 4 is 17.3 Å². The van der Waals surface area contributed by atoms with E-state index in [1.54, 1.807) is 50.2 Å². The minimum Gasteiger partial charge on any atom is -0.508 e. The van der Waals surface area contributed by atoms with Crippen LogP contribution < -0.4 is 5.32 Å². The lowest BCUT2D eigenvalue weighted by Crippen LogP contribution is -2.13. The summed E-state index contributed by atoms with van der Waals surface area (Å²) in [6, 6.07) is 11.8. The molecule has 1 amide bonds. The number of anilines is 1. The maximum Gasteiger partial charge on any atom is 0.256 e. The van der Waals surface area contributed by atoms with Crippen LogP contribution in [0, 0.1) is 6.92 Å². The Labute approximate surface area is 122 Å². The summed E-state index contributed by atoms with van der Waals surface area (Å²) in [4.78, 5) is 12.2. The highest BCUT2D eigenvalue weighted by Gasteiger charge is 2.11. The number of oxime groups is 1. The summed E-state index contributed by atoms with van der Waals surface area (Å²) in [5.74, 6) is -0.198. The van der Waals surface area contributed by atoms with E-state index in [9.17, 15) is 9.90 Å². The first kappa shape index (κ1) is 14.6. The van der Waals surface area contributed by atoms with Gasteiger partial charge in [0.15, 0.2) is 0 Å². The largest absolute Gasteiger partial charge is 0.508 e. The zero-order valence-electron chi connectivity index (χ0n) is 11.8. The molecule has 0 spiro atoms. The van der Waals surface area contributed by atoms with Crippen molar-refractivity contribution in [3.63, 3.8) is 0 Å². The zero-order valence-corrected chi connectivity index (χ0v) is 11.8. The topological polar surface area (TPSA) is 81.9 Å². The summed E-state index contributed by atoms with van der Waals surface area (Å²) >= 11 is 0. The number of phenols is 1. The van der Waals surface area contributed by atoms with Gasteiger partial charge < -0.3 is 15.6 Å². The Morgan fingerprint density at radius 1 is 1.14 bits per heavy atom. The van der Waals surface area contributed by atoms with Gasteiger partial charge in [0.2, 0.25) is 0 Å². The molecule has 2 aromatic carbocycles. The standard InChI is InChI=1S/C16H16N2O3/c1-10-14(4-3-5-15(10)19)16(20)17-13-8-6-12(7-9-13)11(2)18-21/h3-9,19,21H,1-2H3,(H,17,20)/b18-11-. The van der Waals surface area contributed by atoms with E-state index in [1.807, 2.05) is 0 Å². The number of benzene rings is 2. The van der Waals surface area contributed by atoms with Gasteiger partial charge in [0.25, 0.3) is 5.91 Å². The first-order valence-corrected chi connectivity index (χ1v) is 6.42. The molecule has 0 heterocycles. The van der Waals surface area contributed by atoms with Gasteiger partial charge >= 0.3 is 0 Å². The minimum absolute atomic E-state index is 0.0905. The van der Waals surface area contributed by atoms with Crippen molar-refractivity contribution in [1.29, 1.82) is 0 Å². The van der Waals surface area contributed by atoms with Crippen LogP contribution in [0.2, 0.25) is 0 Å². The molecular weight excluding hydrogens is 268 g/mol. The van der Waals surface area contributed by atoms with Gasteiger partial charge in [0, 0.05) is 16.8 Å². The van der Waals surface area contributed by atoms with Crippen molar-refractivity contribution in [2.45, 2.75) is 13.8 Å². The fourth-order valence-corrected chi connectivity index (χ4v) is 1.92. The van der Waals surface area contributed by atoms with E-state index >= 15 is 0 Å². The van der Waals surface area contributed by atoms with Gasteiger partial charge in [-0.2, -0.15) is 0 Å². The first-order chi connectivity index (χ1) is 10.0. The second-order valence-corrected chi connectivity index (χ2v) is 4.67. The SMILES string of the molecule is C/C(=N/O)c1ccc(NC(=O)c2cccc(O)c2C)cc1. The number of aromatic hydroxyl groups is 1. The Kier molecular flexibility index (Phi) is 4.23. The van der Waals surface area contributed by atoms with E-state index in [-0.39, 0.29) is 11.7 Å². The van der Waals surface area contributed by atoms with Crippen LogP contribution >= 0.6 is 0 Å². The Morgan fingerprint density at radius 3 is 2.43 bits per heavy atom. The van der Waals surface area contributed by atoms with Crippen molar-refractivity contribution in [2.24, 2.45) is 5.16 Å². The third-order valence-corrected chi connectivity index (χ3v) is 3.26. The molecule has 108 valence electrons. The number of carbonyl (C=O) groups excluding carboxylic acids is 1. The number of hydrogen-bond donors (Lipinski definition) is 3. The van der Waals surface area contributed by atoms with Crippen LogP contribution in [-0.4, -0.2) is 21.9 Å². The number of hydrogen-bond acceptors (Lipinski definition) is 4. The quantitative estimate of drug-likeness (QED) is 0.460. The number of amides is 1. The molecule has 0 saturated carbocycles. The molecule has 5 nitrogen and oxygen atoms in total. The third kappa shape index (κ3) is 3.20. The highest BCUT2D eigenvalue weighted by Crippen LogP contribution is 2.21. The molecule has 0 fully saturated rings. The van der Waals surface area contributed by atoms with Gasteiger partial charge in [-0.05, 0) is 43.7 Å². The summed E-state index contributed by atoms with van der Waals surface area (Å²) < 4.78 is 0. The molecule has 0 bridgehead atoms. The molecule has 0 aliphatic rings. The molecule has 0 aliphatic heterocycles. The van der Waals surface area contributed by atoms with Crippen LogP contribution in [0.15, 0.2) is 47.6 Å². The van der Waals surface area contributed by atoms with Crippen LogP contribution in [-0.2, 0) is 0 Å². The minimum atomic E-state index is -0.288. The highest BCUT2D eigenvalue weighted by atomic mass is 16.4. The predicted molar refractivity (Wildman–Crippen MR) is 81.2 cm³/mol. The van der Waals surface area contributed by atoms with Gasteiger partial charge in [-0.25, -0.2) is 0 Å². The third-order valence-electron chi connectivity index (χ3n) is 3.26. The van der Waals surface area contributed by atoms with Crippen molar-refractivity contribution < 1.29 is 15.1 Å². The summed E-state index contributed by atoms with van der Waals surface area (Å²) in [7, 11) is 0. The fraction of sp³-hybridized carbons (Fsp3) is 0.125. The van der Waals surface area contributed by atoms with Gasteiger partial charge in [0.05, 0.1) is 5.71 Å². The smallest absolute Gasteiger partial charge is 0.256 e. The number of carbonyl (C=O) groups is 1. The molecule has 2 aromatic rings. The second-order valence-electron chi connectivity index (χ2n) is 4.67. The fourth-order valence-electron chi connectivity index (χ4n) is 1.92. The van der Waals surface area contributed by atoms with Crippen molar-refractivity contribution in [3.8, 4) is 5.75 Å². The molecule has 0 saturated heterocycles. The molecule has 21 heavy (non-hydrogen) atoms. The number of nitrogens with one attached hydrogen (secondary N) is 1. The van der Waals surface area contributed by atoms with Crippen LogP contribution in [0.25, 0.3) is 0 Å². The second kappa shape index (κ2) is 6.09. The maximum absolute atomic E-state index is 12.2. The lowest BCUT2D eigenvalue weighted by molar-refractivity contribution is 0.102. The summed E-state index contributed by atoms with van der Waals surface area (Å²) in [5.41, 5.74) is 2.85. The number of nitrogens with zero attached hydrogens (tertiary/aromatic N) is 1. The normalized spacial score (nSPS) is 11.2. The van der Waals surface area contributed by atoms with Crippen molar-refractivity contribution in [1.82, 2.24) is 0 Å². The Balaban J connectivity index is 2.18. The summed E-state index contributed by atoms with van der Waals surface area (Å²) in [5, 5.41) is 24.2. The molecule has 2 rings (SSSR count). The van der Waals surface area contributed by atoms with E-state index in [1.165, 1.54) is 6.07 Å². The molecule has 5 heteroatoms. The number of phenolic OH excluding ortho intramolecular Hbond substituents is 1. The molecule has 0 radical (unpaired) electrons. The number of rotatable bonds is 3. The molecule has 3 N–H and O–H groups in total. The van der Waals surface area contributed by atoms with Crippen LogP contribution in [0.4, 0.5) is 5.69 Å². The van der Waals surface area contributed by atoms with Crippen LogP contribution in [0.3, 0.4) is 0 Å². The summed E-state index contributed by atoms with van der Waals surface area (Å²) in [6.07, 6.45) is 0. The van der Waals surface area contributed by atoms with E-state index in [0.717, 1.165) is 5.56 Å². The lowest BCUT2D eigenvalue weighted by Gasteiger charge is -2.09. The average molecular weight is 284 g/mol. The van der Waals surface area contributed by atoms with Crippen molar-refractivity contribution in [3.05, 3.63) is 59.2 Å². The Bertz CT molecular complexity index is 691. The van der Waals surface area contributed by atoms with Gasteiger partial charge in [-0.3, -0.25) is 4.79 Å². The van der Waals surface area contributed by atoms with Gasteiger partial charge in [0.1, 0.15) is 5.75 Å². The van der Waals surface area contributed by atoms with E-state index < -0.39 is 0 Å². The molecule has 0 atom stereocenters. The van der Waals surface area contributed by atoms with Gasteiger partial charge in [-0.15, -0.1) is 0 Å². The Hall–Kier alpha value is -2.82. The lowest BCUT2D eigenvalue weighted by atomic mass is 10.1. The molecular formula is C16H16N2O3. The van der Waals surface area contributed by atoms with E-state index in [4.69, 9.17) is 5.21 Å². The highest BCUT2D eigenvalue weighted by molar-refractivity contribution is 6.06. The van der Waals surface area contributed by atoms with Crippen LogP contribution in [0.5, 0.6) is 5.75 Å². The van der Waals surface area contributed by atoms with E-state index in [2.05, 4.69) is 10.5 Å². The van der Waals surface area contributed by atoms with Crippen molar-refractivity contribution in [2.75, 3.05) is 5.32 Å². The monoisotopic (exact) mass is 284 g/mol. The molecule has 0 aromatic heterocycles. The van der Waals surface area contributed by atoms with Crippen LogP contribution in [0.1, 0.15) is 28.4 Å². The average Bonchev–Trinajstić information content (AvgIpc) is 2.50. The maximum atomic E-state index is 12.2.